The fourth-order valence-corrected chi connectivity index (χ4v) is 2.72. The number of aromatic amines is 1. The predicted octanol–water partition coefficient (Wildman–Crippen LogP) is 2.63. The molecule has 24 heavy (non-hydrogen) atoms. The van der Waals surface area contributed by atoms with Crippen LogP contribution in [0.15, 0.2) is 21.7 Å². The molecule has 0 saturated heterocycles. The Kier molecular flexibility index (Phi) is 5.29. The van der Waals surface area contributed by atoms with Gasteiger partial charge < -0.3 is 9.72 Å². The number of rotatable bonds is 5. The Morgan fingerprint density at radius 1 is 1.38 bits per heavy atom. The van der Waals surface area contributed by atoms with Gasteiger partial charge in [-0.15, -0.1) is 0 Å². The van der Waals surface area contributed by atoms with Gasteiger partial charge in [0.15, 0.2) is 0 Å². The molecule has 10 heteroatoms. The maximum atomic E-state index is 13.3. The molecule has 6 nitrogen and oxygen atoms in total. The summed E-state index contributed by atoms with van der Waals surface area (Å²) in [5.41, 5.74) is -2.86. The van der Waals surface area contributed by atoms with Gasteiger partial charge in [0, 0.05) is 12.9 Å². The first-order valence-corrected chi connectivity index (χ1v) is 8.24. The third kappa shape index (κ3) is 3.44. The number of alkyl halides is 3. The van der Waals surface area contributed by atoms with E-state index in [2.05, 4.69) is 9.82 Å². The van der Waals surface area contributed by atoms with Crippen LogP contribution in [0.2, 0.25) is 0 Å². The smallest absolute Gasteiger partial charge is 0.374 e. The van der Waals surface area contributed by atoms with E-state index in [1.54, 1.807) is 13.2 Å². The fourth-order valence-electron chi connectivity index (χ4n) is 2.38. The SMILES string of the molecule is CCOC(C)c1cc2c(=O)n(NSC)c(=O)[nH]c2cc1C(F)(F)F. The normalized spacial score (nSPS) is 13.2. The van der Waals surface area contributed by atoms with Crippen molar-refractivity contribution in [2.24, 2.45) is 0 Å². The number of halogens is 3. The van der Waals surface area contributed by atoms with Crippen LogP contribution in [0, 0.1) is 0 Å². The summed E-state index contributed by atoms with van der Waals surface area (Å²) in [7, 11) is 0. The molecular weight excluding hydrogens is 347 g/mol. The van der Waals surface area contributed by atoms with Gasteiger partial charge in [-0.1, -0.05) is 0 Å². The Morgan fingerprint density at radius 2 is 2.04 bits per heavy atom. The van der Waals surface area contributed by atoms with Crippen molar-refractivity contribution in [3.05, 3.63) is 44.1 Å². The van der Waals surface area contributed by atoms with Gasteiger partial charge in [0.2, 0.25) is 0 Å². The Labute approximate surface area is 139 Å². The minimum absolute atomic E-state index is 0.0364. The lowest BCUT2D eigenvalue weighted by Crippen LogP contribution is -2.39. The number of nitrogens with zero attached hydrogens (tertiary/aromatic N) is 1. The standard InChI is InChI=1S/C14H16F3N3O3S/c1-4-23-7(2)8-5-9-11(6-10(8)14(15,16)17)18-13(22)20(12(9)21)19-24-3/h5-7,19H,4H2,1-3H3,(H,18,22). The molecular formula is C14H16F3N3O3S. The number of hydrogen-bond donors (Lipinski definition) is 2. The molecule has 2 aromatic rings. The van der Waals surface area contributed by atoms with Crippen LogP contribution in [0.5, 0.6) is 0 Å². The minimum atomic E-state index is -4.64. The van der Waals surface area contributed by atoms with Crippen LogP contribution in [0.1, 0.15) is 31.1 Å². The first-order chi connectivity index (χ1) is 11.2. The van der Waals surface area contributed by atoms with Crippen molar-refractivity contribution in [2.75, 3.05) is 17.7 Å². The maximum Gasteiger partial charge on any atom is 0.416 e. The lowest BCUT2D eigenvalue weighted by atomic mass is 10.00. The third-order valence-electron chi connectivity index (χ3n) is 3.41. The van der Waals surface area contributed by atoms with Gasteiger partial charge in [-0.2, -0.15) is 17.8 Å². The summed E-state index contributed by atoms with van der Waals surface area (Å²) in [6.07, 6.45) is -3.90. The van der Waals surface area contributed by atoms with Gasteiger partial charge in [0.25, 0.3) is 5.56 Å². The molecule has 0 aliphatic heterocycles. The van der Waals surface area contributed by atoms with E-state index >= 15 is 0 Å². The number of aromatic nitrogens is 2. The second-order valence-electron chi connectivity index (χ2n) is 4.95. The Balaban J connectivity index is 2.83. The van der Waals surface area contributed by atoms with Gasteiger partial charge in [-0.05, 0) is 43.5 Å². The number of benzene rings is 1. The molecule has 0 aliphatic rings. The lowest BCUT2D eigenvalue weighted by molar-refractivity contribution is -0.139. The van der Waals surface area contributed by atoms with Crippen LogP contribution in [-0.4, -0.2) is 22.5 Å². The third-order valence-corrected chi connectivity index (χ3v) is 3.78. The van der Waals surface area contributed by atoms with E-state index in [9.17, 15) is 22.8 Å². The van der Waals surface area contributed by atoms with Crippen molar-refractivity contribution in [1.29, 1.82) is 0 Å². The van der Waals surface area contributed by atoms with Gasteiger partial charge in [0.05, 0.1) is 22.6 Å². The second-order valence-corrected chi connectivity index (χ2v) is 5.54. The van der Waals surface area contributed by atoms with Crippen LogP contribution < -0.4 is 16.1 Å². The van der Waals surface area contributed by atoms with E-state index in [0.29, 0.717) is 4.68 Å². The number of hydrogen-bond acceptors (Lipinski definition) is 5. The van der Waals surface area contributed by atoms with E-state index < -0.39 is 29.1 Å². The van der Waals surface area contributed by atoms with Crippen molar-refractivity contribution in [2.45, 2.75) is 26.1 Å². The summed E-state index contributed by atoms with van der Waals surface area (Å²) in [6, 6.07) is 1.89. The molecule has 1 aromatic heterocycles. The monoisotopic (exact) mass is 363 g/mol. The average molecular weight is 363 g/mol. The van der Waals surface area contributed by atoms with Gasteiger partial charge in [0.1, 0.15) is 0 Å². The van der Waals surface area contributed by atoms with Crippen LogP contribution in [-0.2, 0) is 10.9 Å². The highest BCUT2D eigenvalue weighted by Crippen LogP contribution is 2.37. The highest BCUT2D eigenvalue weighted by atomic mass is 32.2. The molecule has 0 bridgehead atoms. The van der Waals surface area contributed by atoms with Crippen LogP contribution in [0.25, 0.3) is 10.9 Å². The molecule has 0 amide bonds. The van der Waals surface area contributed by atoms with E-state index in [0.717, 1.165) is 24.1 Å². The maximum absolute atomic E-state index is 13.3. The number of fused-ring (bicyclic) bond motifs is 1. The first kappa shape index (κ1) is 18.4. The van der Waals surface area contributed by atoms with Crippen molar-refractivity contribution >= 4 is 22.9 Å². The van der Waals surface area contributed by atoms with Crippen LogP contribution in [0.4, 0.5) is 13.2 Å². The molecule has 132 valence electrons. The van der Waals surface area contributed by atoms with Crippen LogP contribution >= 0.6 is 11.9 Å². The number of nitrogens with one attached hydrogen (secondary N) is 2. The summed E-state index contributed by atoms with van der Waals surface area (Å²) in [6.45, 7) is 3.36. The molecule has 1 aromatic carbocycles. The summed E-state index contributed by atoms with van der Waals surface area (Å²) in [5, 5.41) is -0.0364. The van der Waals surface area contributed by atoms with Crippen molar-refractivity contribution < 1.29 is 17.9 Å². The number of ether oxygens (including phenoxy) is 1. The zero-order chi connectivity index (χ0) is 18.1. The van der Waals surface area contributed by atoms with Crippen molar-refractivity contribution in [3.8, 4) is 0 Å². The molecule has 1 unspecified atom stereocenters. The molecule has 0 radical (unpaired) electrons. The van der Waals surface area contributed by atoms with Crippen LogP contribution in [0.3, 0.4) is 0 Å². The molecule has 1 heterocycles. The molecule has 1 atom stereocenters. The van der Waals surface area contributed by atoms with E-state index in [-0.39, 0.29) is 23.1 Å². The second kappa shape index (κ2) is 6.89. The number of H-pyrrole nitrogens is 1. The highest BCUT2D eigenvalue weighted by molar-refractivity contribution is 7.99. The summed E-state index contributed by atoms with van der Waals surface area (Å²) in [4.78, 5) is 29.0. The highest BCUT2D eigenvalue weighted by Gasteiger charge is 2.35. The zero-order valence-corrected chi connectivity index (χ0v) is 14.0. The van der Waals surface area contributed by atoms with E-state index in [1.165, 1.54) is 6.92 Å². The summed E-state index contributed by atoms with van der Waals surface area (Å²) >= 11 is 1.01. The minimum Gasteiger partial charge on any atom is -0.374 e. The first-order valence-electron chi connectivity index (χ1n) is 7.01. The van der Waals surface area contributed by atoms with Crippen molar-refractivity contribution in [1.82, 2.24) is 9.66 Å². The van der Waals surface area contributed by atoms with Gasteiger partial charge in [-0.3, -0.25) is 9.63 Å². The Hall–Kier alpha value is -1.94. The molecule has 0 spiro atoms. The molecule has 0 saturated carbocycles. The summed E-state index contributed by atoms with van der Waals surface area (Å²) in [5.74, 6) is 0. The molecule has 2 rings (SSSR count). The Morgan fingerprint density at radius 3 is 2.58 bits per heavy atom. The quantitative estimate of drug-likeness (QED) is 0.799. The van der Waals surface area contributed by atoms with Gasteiger partial charge in [-0.25, -0.2) is 4.79 Å². The summed E-state index contributed by atoms with van der Waals surface area (Å²) < 4.78 is 46.0. The molecule has 2 N–H and O–H groups in total. The average Bonchev–Trinajstić information content (AvgIpc) is 2.49. The van der Waals surface area contributed by atoms with E-state index in [1.807, 2.05) is 0 Å². The van der Waals surface area contributed by atoms with Gasteiger partial charge >= 0.3 is 11.9 Å². The fraction of sp³-hybridized carbons (Fsp3) is 0.429. The topological polar surface area (TPSA) is 76.1 Å². The molecule has 0 aliphatic carbocycles. The molecule has 0 fully saturated rings. The lowest BCUT2D eigenvalue weighted by Gasteiger charge is -2.19. The Bertz CT molecular complexity index is 860. The van der Waals surface area contributed by atoms with Crippen molar-refractivity contribution in [3.63, 3.8) is 0 Å². The van der Waals surface area contributed by atoms with E-state index in [4.69, 9.17) is 4.74 Å². The predicted molar refractivity (Wildman–Crippen MR) is 86.7 cm³/mol. The largest absolute Gasteiger partial charge is 0.416 e. The zero-order valence-electron chi connectivity index (χ0n) is 13.2.